The molecule has 0 aromatic carbocycles. The van der Waals surface area contributed by atoms with Crippen LogP contribution < -0.4 is 5.32 Å². The third-order valence-electron chi connectivity index (χ3n) is 2.37. The Kier molecular flexibility index (Phi) is 4.91. The summed E-state index contributed by atoms with van der Waals surface area (Å²) in [5, 5.41) is 4.97. The lowest BCUT2D eigenvalue weighted by Crippen LogP contribution is -2.27. The van der Waals surface area contributed by atoms with E-state index >= 15 is 0 Å². The van der Waals surface area contributed by atoms with Crippen LogP contribution in [0.3, 0.4) is 0 Å². The number of thiophene rings is 1. The molecule has 1 aromatic rings. The van der Waals surface area contributed by atoms with Gasteiger partial charge in [-0.05, 0) is 18.0 Å². The molecule has 0 aliphatic heterocycles. The average Bonchev–Trinajstić information content (AvgIpc) is 2.73. The van der Waals surface area contributed by atoms with Gasteiger partial charge in [-0.15, -0.1) is 11.3 Å². The van der Waals surface area contributed by atoms with Gasteiger partial charge < -0.3 is 5.32 Å². The Hall–Kier alpha value is -0.430. The van der Waals surface area contributed by atoms with Crippen LogP contribution in [0.15, 0.2) is 16.3 Å². The Morgan fingerprint density at radius 1 is 1.44 bits per heavy atom. The molecule has 0 atom stereocenters. The lowest BCUT2D eigenvalue weighted by molar-refractivity contribution is 0.485. The maximum Gasteiger partial charge on any atom is 0.243 e. The molecule has 92 valence electrons. The molecule has 16 heavy (non-hydrogen) atoms. The molecule has 0 saturated carbocycles. The minimum Gasteiger partial charge on any atom is -0.312 e. The van der Waals surface area contributed by atoms with Crippen molar-refractivity contribution in [1.29, 1.82) is 0 Å². The van der Waals surface area contributed by atoms with Crippen molar-refractivity contribution in [3.05, 3.63) is 16.3 Å². The van der Waals surface area contributed by atoms with E-state index in [-0.39, 0.29) is 0 Å². The van der Waals surface area contributed by atoms with E-state index in [2.05, 4.69) is 5.32 Å². The predicted molar refractivity (Wildman–Crippen MR) is 67.2 cm³/mol. The van der Waals surface area contributed by atoms with Crippen molar-refractivity contribution in [3.63, 3.8) is 0 Å². The summed E-state index contributed by atoms with van der Waals surface area (Å²) in [6.45, 7) is 5.76. The van der Waals surface area contributed by atoms with Gasteiger partial charge in [-0.1, -0.05) is 13.8 Å². The van der Waals surface area contributed by atoms with Gasteiger partial charge in [0, 0.05) is 25.0 Å². The fourth-order valence-electron chi connectivity index (χ4n) is 1.26. The lowest BCUT2D eigenvalue weighted by Gasteiger charge is -2.15. The fraction of sp³-hybridized carbons (Fsp3) is 0.600. The molecule has 1 rings (SSSR count). The first-order valence-electron chi connectivity index (χ1n) is 5.27. The SMILES string of the molecule is CCNCc1sccc1S(=O)(=O)N(C)CC. The monoisotopic (exact) mass is 262 g/mol. The van der Waals surface area contributed by atoms with E-state index in [1.807, 2.05) is 19.2 Å². The van der Waals surface area contributed by atoms with Crippen LogP contribution in [0.4, 0.5) is 0 Å². The molecule has 0 unspecified atom stereocenters. The molecule has 0 amide bonds. The molecular weight excluding hydrogens is 244 g/mol. The first-order valence-corrected chi connectivity index (χ1v) is 7.59. The second-order valence-corrected chi connectivity index (χ2v) is 6.42. The number of hydrogen-bond donors (Lipinski definition) is 1. The molecule has 1 N–H and O–H groups in total. The summed E-state index contributed by atoms with van der Waals surface area (Å²) in [5.41, 5.74) is 0. The van der Waals surface area contributed by atoms with Crippen LogP contribution in [0.5, 0.6) is 0 Å². The molecule has 0 radical (unpaired) electrons. The molecule has 0 fully saturated rings. The third-order valence-corrected chi connectivity index (χ3v) is 5.44. The quantitative estimate of drug-likeness (QED) is 0.845. The van der Waals surface area contributed by atoms with Gasteiger partial charge in [-0.3, -0.25) is 0 Å². The Balaban J connectivity index is 2.99. The first-order chi connectivity index (χ1) is 7.54. The van der Waals surface area contributed by atoms with Crippen molar-refractivity contribution in [3.8, 4) is 0 Å². The highest BCUT2D eigenvalue weighted by atomic mass is 32.2. The van der Waals surface area contributed by atoms with Crippen molar-refractivity contribution in [2.45, 2.75) is 25.3 Å². The Morgan fingerprint density at radius 3 is 2.69 bits per heavy atom. The van der Waals surface area contributed by atoms with Crippen LogP contribution in [0.2, 0.25) is 0 Å². The molecule has 0 saturated heterocycles. The zero-order valence-corrected chi connectivity index (χ0v) is 11.5. The summed E-state index contributed by atoms with van der Waals surface area (Å²) < 4.78 is 25.6. The molecule has 0 spiro atoms. The first kappa shape index (κ1) is 13.6. The van der Waals surface area contributed by atoms with Crippen molar-refractivity contribution >= 4 is 21.4 Å². The minimum absolute atomic E-state index is 0.433. The summed E-state index contributed by atoms with van der Waals surface area (Å²) in [4.78, 5) is 1.31. The van der Waals surface area contributed by atoms with Crippen molar-refractivity contribution in [1.82, 2.24) is 9.62 Å². The van der Waals surface area contributed by atoms with E-state index in [0.717, 1.165) is 11.4 Å². The van der Waals surface area contributed by atoms with E-state index < -0.39 is 10.0 Å². The van der Waals surface area contributed by atoms with Crippen LogP contribution in [0, 0.1) is 0 Å². The van der Waals surface area contributed by atoms with E-state index in [4.69, 9.17) is 0 Å². The van der Waals surface area contributed by atoms with Crippen molar-refractivity contribution in [2.75, 3.05) is 20.1 Å². The van der Waals surface area contributed by atoms with E-state index in [1.54, 1.807) is 13.1 Å². The van der Waals surface area contributed by atoms with E-state index in [9.17, 15) is 8.42 Å². The highest BCUT2D eigenvalue weighted by Gasteiger charge is 2.23. The van der Waals surface area contributed by atoms with E-state index in [1.165, 1.54) is 15.6 Å². The summed E-state index contributed by atoms with van der Waals surface area (Å²) in [6, 6.07) is 1.68. The lowest BCUT2D eigenvalue weighted by atomic mass is 10.4. The molecule has 0 bridgehead atoms. The zero-order chi connectivity index (χ0) is 12.2. The van der Waals surface area contributed by atoms with Gasteiger partial charge in [0.1, 0.15) is 0 Å². The van der Waals surface area contributed by atoms with Crippen molar-refractivity contribution < 1.29 is 8.42 Å². The van der Waals surface area contributed by atoms with Crippen LogP contribution in [-0.2, 0) is 16.6 Å². The number of nitrogens with one attached hydrogen (secondary N) is 1. The maximum absolute atomic E-state index is 12.1. The molecule has 1 heterocycles. The van der Waals surface area contributed by atoms with Crippen LogP contribution in [-0.4, -0.2) is 32.9 Å². The highest BCUT2D eigenvalue weighted by molar-refractivity contribution is 7.89. The molecular formula is C10H18N2O2S2. The summed E-state index contributed by atoms with van der Waals surface area (Å²) >= 11 is 1.48. The molecule has 1 aromatic heterocycles. The summed E-state index contributed by atoms with van der Waals surface area (Å²) in [6.07, 6.45) is 0. The van der Waals surface area contributed by atoms with Crippen molar-refractivity contribution in [2.24, 2.45) is 0 Å². The van der Waals surface area contributed by atoms with Gasteiger partial charge in [0.05, 0.1) is 4.90 Å². The smallest absolute Gasteiger partial charge is 0.243 e. The second-order valence-electron chi connectivity index (χ2n) is 3.41. The molecule has 0 aliphatic carbocycles. The Labute approximate surface area is 101 Å². The van der Waals surface area contributed by atoms with Crippen LogP contribution in [0.1, 0.15) is 18.7 Å². The zero-order valence-electron chi connectivity index (χ0n) is 9.86. The standard InChI is InChI=1S/C10H18N2O2S2/c1-4-11-8-9-10(6-7-15-9)16(13,14)12(3)5-2/h6-7,11H,4-5,8H2,1-3H3. The second kappa shape index (κ2) is 5.77. The largest absolute Gasteiger partial charge is 0.312 e. The summed E-state index contributed by atoms with van der Waals surface area (Å²) in [5.74, 6) is 0. The normalized spacial score (nSPS) is 12.2. The van der Waals surface area contributed by atoms with E-state index in [0.29, 0.717) is 18.0 Å². The fourth-order valence-corrected chi connectivity index (χ4v) is 3.82. The summed E-state index contributed by atoms with van der Waals surface area (Å²) in [7, 11) is -1.70. The number of hydrogen-bond acceptors (Lipinski definition) is 4. The molecule has 4 nitrogen and oxygen atoms in total. The van der Waals surface area contributed by atoms with Gasteiger partial charge in [-0.25, -0.2) is 12.7 Å². The van der Waals surface area contributed by atoms with Crippen LogP contribution in [0.25, 0.3) is 0 Å². The molecule has 0 aliphatic rings. The van der Waals surface area contributed by atoms with Gasteiger partial charge in [0.2, 0.25) is 10.0 Å². The third kappa shape index (κ3) is 2.82. The molecule has 6 heteroatoms. The van der Waals surface area contributed by atoms with Gasteiger partial charge >= 0.3 is 0 Å². The Bertz CT molecular complexity index is 426. The minimum atomic E-state index is -3.30. The average molecular weight is 262 g/mol. The van der Waals surface area contributed by atoms with Gasteiger partial charge in [-0.2, -0.15) is 0 Å². The number of rotatable bonds is 6. The maximum atomic E-state index is 12.1. The number of nitrogens with zero attached hydrogens (tertiary/aromatic N) is 1. The Morgan fingerprint density at radius 2 is 2.12 bits per heavy atom. The topological polar surface area (TPSA) is 49.4 Å². The van der Waals surface area contributed by atoms with Crippen LogP contribution >= 0.6 is 11.3 Å². The predicted octanol–water partition coefficient (Wildman–Crippen LogP) is 1.50. The van der Waals surface area contributed by atoms with Gasteiger partial charge in [0.25, 0.3) is 0 Å². The highest BCUT2D eigenvalue weighted by Crippen LogP contribution is 2.24. The number of sulfonamides is 1. The van der Waals surface area contributed by atoms with Gasteiger partial charge in [0.15, 0.2) is 0 Å².